The number of alkyl halides is 1. The number of benzene rings is 1. The number of nitrogens with two attached hydrogens (primary N) is 1. The van der Waals surface area contributed by atoms with Crippen molar-refractivity contribution >= 4 is 28.8 Å². The maximum Gasteiger partial charge on any atom is 0.255 e. The molecule has 3 heterocycles. The number of amides is 2. The van der Waals surface area contributed by atoms with Crippen LogP contribution in [0.5, 0.6) is 0 Å². The Hall–Kier alpha value is -4.89. The molecule has 188 valence electrons. The van der Waals surface area contributed by atoms with Gasteiger partial charge >= 0.3 is 0 Å². The van der Waals surface area contributed by atoms with E-state index in [1.165, 1.54) is 55.3 Å². The van der Waals surface area contributed by atoms with Crippen LogP contribution in [0.2, 0.25) is 0 Å². The Morgan fingerprint density at radius 2 is 1.95 bits per heavy atom. The van der Waals surface area contributed by atoms with E-state index in [2.05, 4.69) is 25.7 Å². The Bertz CT molecular complexity index is 1520. The summed E-state index contributed by atoms with van der Waals surface area (Å²) in [7, 11) is 0. The number of hydrogen-bond acceptors (Lipinski definition) is 8. The van der Waals surface area contributed by atoms with Gasteiger partial charge in [-0.1, -0.05) is 0 Å². The molecule has 0 aliphatic carbocycles. The van der Waals surface area contributed by atoms with Gasteiger partial charge in [0, 0.05) is 23.6 Å². The molecule has 1 atom stereocenters. The number of primary amides is 1. The second-order valence-corrected chi connectivity index (χ2v) is 8.79. The highest BCUT2D eigenvalue weighted by atomic mass is 19.1. The van der Waals surface area contributed by atoms with Crippen LogP contribution >= 0.6 is 0 Å². The van der Waals surface area contributed by atoms with Gasteiger partial charge in [-0.05, 0) is 44.2 Å². The summed E-state index contributed by atoms with van der Waals surface area (Å²) < 4.78 is 15.7. The van der Waals surface area contributed by atoms with Gasteiger partial charge in [0.25, 0.3) is 5.91 Å². The molecule has 0 fully saturated rings. The van der Waals surface area contributed by atoms with Gasteiger partial charge in [-0.3, -0.25) is 14.6 Å². The van der Waals surface area contributed by atoms with Crippen LogP contribution in [0.3, 0.4) is 0 Å². The van der Waals surface area contributed by atoms with Crippen LogP contribution < -0.4 is 16.4 Å². The van der Waals surface area contributed by atoms with Crippen LogP contribution in [0.1, 0.15) is 40.1 Å². The normalized spacial score (nSPS) is 12.1. The first-order valence-electron chi connectivity index (χ1n) is 11.1. The summed E-state index contributed by atoms with van der Waals surface area (Å²) in [5.41, 5.74) is 6.76. The minimum atomic E-state index is -1.69. The third-order valence-electron chi connectivity index (χ3n) is 5.57. The molecule has 2 amide bonds. The molecule has 4 rings (SSSR count). The van der Waals surface area contributed by atoms with Crippen molar-refractivity contribution in [1.82, 2.24) is 24.9 Å². The standard InChI is InChI=1S/C25H23FN8O3/c1-25(2,37)21(26)12-31-24(36)18-10-29-19(17-11-32-34-13-14(8-27)9-30-23(17)34)7-20(18)33-16-5-3-15(4-6-16)22(28)35/h3-7,9-11,13,21,37H,12H2,1-2H3,(H2,28,35)(H,29,33)(H,31,36). The number of nitriles is 1. The third kappa shape index (κ3) is 5.52. The van der Waals surface area contributed by atoms with Crippen molar-refractivity contribution in [2.45, 2.75) is 25.6 Å². The number of hydrogen-bond donors (Lipinski definition) is 4. The van der Waals surface area contributed by atoms with Gasteiger partial charge < -0.3 is 21.5 Å². The lowest BCUT2D eigenvalue weighted by atomic mass is 10.0. The van der Waals surface area contributed by atoms with Crippen molar-refractivity contribution in [2.75, 3.05) is 11.9 Å². The number of halogens is 1. The lowest BCUT2D eigenvalue weighted by molar-refractivity contribution is -0.00177. The van der Waals surface area contributed by atoms with Crippen molar-refractivity contribution in [3.05, 3.63) is 71.8 Å². The van der Waals surface area contributed by atoms with Crippen LogP contribution in [-0.4, -0.2) is 54.8 Å². The molecule has 37 heavy (non-hydrogen) atoms. The molecule has 11 nitrogen and oxygen atoms in total. The molecule has 0 aliphatic rings. The highest BCUT2D eigenvalue weighted by Gasteiger charge is 2.27. The molecule has 5 N–H and O–H groups in total. The topological polar surface area (TPSA) is 171 Å². The van der Waals surface area contributed by atoms with E-state index in [1.807, 2.05) is 6.07 Å². The van der Waals surface area contributed by atoms with E-state index in [1.54, 1.807) is 18.2 Å². The smallest absolute Gasteiger partial charge is 0.255 e. The van der Waals surface area contributed by atoms with Crippen LogP contribution in [0, 0.1) is 11.3 Å². The SMILES string of the molecule is CC(C)(O)C(F)CNC(=O)c1cnc(-c2cnn3cc(C#N)cnc23)cc1Nc1ccc(C(N)=O)cc1. The van der Waals surface area contributed by atoms with Crippen LogP contribution in [0.25, 0.3) is 16.9 Å². The number of carbonyl (C=O) groups is 2. The Morgan fingerprint density at radius 3 is 2.59 bits per heavy atom. The van der Waals surface area contributed by atoms with E-state index >= 15 is 0 Å². The predicted molar refractivity (Wildman–Crippen MR) is 133 cm³/mol. The summed E-state index contributed by atoms with van der Waals surface area (Å²) in [5, 5.41) is 28.7. The van der Waals surface area contributed by atoms with Gasteiger partial charge in [-0.2, -0.15) is 10.4 Å². The van der Waals surface area contributed by atoms with Crippen LogP contribution in [0.4, 0.5) is 15.8 Å². The second-order valence-electron chi connectivity index (χ2n) is 8.79. The fraction of sp³-hybridized carbons (Fsp3) is 0.200. The predicted octanol–water partition coefficient (Wildman–Crippen LogP) is 2.34. The van der Waals surface area contributed by atoms with E-state index in [4.69, 9.17) is 11.0 Å². The van der Waals surface area contributed by atoms with Gasteiger partial charge in [0.1, 0.15) is 12.2 Å². The van der Waals surface area contributed by atoms with Crippen molar-refractivity contribution in [3.63, 3.8) is 0 Å². The first-order valence-corrected chi connectivity index (χ1v) is 11.1. The third-order valence-corrected chi connectivity index (χ3v) is 5.57. The number of anilines is 2. The number of aliphatic hydroxyl groups is 1. The van der Waals surface area contributed by atoms with Gasteiger partial charge in [0.05, 0.1) is 52.6 Å². The zero-order valence-electron chi connectivity index (χ0n) is 19.9. The first kappa shape index (κ1) is 25.2. The summed E-state index contributed by atoms with van der Waals surface area (Å²) in [6.45, 7) is 2.22. The number of carbonyl (C=O) groups excluding carboxylic acids is 2. The zero-order chi connectivity index (χ0) is 26.7. The molecule has 3 aromatic heterocycles. The summed E-state index contributed by atoms with van der Waals surface area (Å²) in [6.07, 6.45) is 4.12. The molecule has 1 unspecified atom stereocenters. The highest BCUT2D eigenvalue weighted by Crippen LogP contribution is 2.28. The second kappa shape index (κ2) is 10.00. The van der Waals surface area contributed by atoms with E-state index in [-0.39, 0.29) is 5.56 Å². The lowest BCUT2D eigenvalue weighted by Crippen LogP contribution is -2.42. The fourth-order valence-electron chi connectivity index (χ4n) is 3.40. The van der Waals surface area contributed by atoms with E-state index in [9.17, 15) is 19.1 Å². The number of nitrogens with zero attached hydrogens (tertiary/aromatic N) is 5. The Kier molecular flexibility index (Phi) is 6.81. The van der Waals surface area contributed by atoms with Gasteiger partial charge in [-0.15, -0.1) is 0 Å². The molecule has 0 saturated carbocycles. The molecule has 0 saturated heterocycles. The molecule has 0 bridgehead atoms. The quantitative estimate of drug-likeness (QED) is 0.284. The summed E-state index contributed by atoms with van der Waals surface area (Å²) in [6, 6.07) is 9.91. The number of rotatable bonds is 8. The van der Waals surface area contributed by atoms with Crippen LogP contribution in [0.15, 0.2) is 55.1 Å². The largest absolute Gasteiger partial charge is 0.387 e. The van der Waals surface area contributed by atoms with Crippen molar-refractivity contribution in [1.29, 1.82) is 5.26 Å². The maximum absolute atomic E-state index is 14.2. The molecular weight excluding hydrogens is 479 g/mol. The minimum absolute atomic E-state index is 0.113. The highest BCUT2D eigenvalue weighted by molar-refractivity contribution is 6.01. The monoisotopic (exact) mass is 502 g/mol. The molecule has 0 radical (unpaired) electrons. The van der Waals surface area contributed by atoms with Gasteiger partial charge in [0.15, 0.2) is 5.65 Å². The maximum atomic E-state index is 14.2. The number of aromatic nitrogens is 4. The summed E-state index contributed by atoms with van der Waals surface area (Å²) in [4.78, 5) is 33.0. The van der Waals surface area contributed by atoms with Crippen molar-refractivity contribution < 1.29 is 19.1 Å². The van der Waals surface area contributed by atoms with Gasteiger partial charge in [0.2, 0.25) is 5.91 Å². The molecule has 4 aromatic rings. The average Bonchev–Trinajstić information content (AvgIpc) is 3.30. The van der Waals surface area contributed by atoms with E-state index < -0.39 is 30.1 Å². The summed E-state index contributed by atoms with van der Waals surface area (Å²) >= 11 is 0. The van der Waals surface area contributed by atoms with E-state index in [0.29, 0.717) is 39.4 Å². The van der Waals surface area contributed by atoms with Crippen molar-refractivity contribution in [2.24, 2.45) is 5.73 Å². The molecule has 0 aliphatic heterocycles. The molecule has 12 heteroatoms. The fourth-order valence-corrected chi connectivity index (χ4v) is 3.40. The molecule has 1 aromatic carbocycles. The Morgan fingerprint density at radius 1 is 1.22 bits per heavy atom. The van der Waals surface area contributed by atoms with Gasteiger partial charge in [-0.25, -0.2) is 13.9 Å². The first-order chi connectivity index (χ1) is 17.6. The number of pyridine rings is 1. The van der Waals surface area contributed by atoms with Crippen LogP contribution in [-0.2, 0) is 0 Å². The lowest BCUT2D eigenvalue weighted by Gasteiger charge is -2.22. The molecular formula is C25H23FN8O3. The molecule has 0 spiro atoms. The Labute approximate surface area is 210 Å². The average molecular weight is 503 g/mol. The summed E-state index contributed by atoms with van der Waals surface area (Å²) in [5.74, 6) is -1.19. The van der Waals surface area contributed by atoms with E-state index in [0.717, 1.165) is 0 Å². The van der Waals surface area contributed by atoms with Crippen molar-refractivity contribution in [3.8, 4) is 17.3 Å². The minimum Gasteiger partial charge on any atom is -0.387 e. The number of nitrogens with one attached hydrogen (secondary N) is 2. The Balaban J connectivity index is 1.71. The number of fused-ring (bicyclic) bond motifs is 1. The zero-order valence-corrected chi connectivity index (χ0v) is 19.9.